The van der Waals surface area contributed by atoms with E-state index in [2.05, 4.69) is 5.10 Å². The van der Waals surface area contributed by atoms with Crippen molar-refractivity contribution < 1.29 is 27.9 Å². The SMILES string of the molecule is Cc1nn(CC(F)(F)F)c(C)c1C(C)C(=O)N1C[C@@H](C)[C@H](C(=O)O)C1. The van der Waals surface area contributed by atoms with Gasteiger partial charge in [0.1, 0.15) is 6.54 Å². The highest BCUT2D eigenvalue weighted by molar-refractivity contribution is 5.85. The van der Waals surface area contributed by atoms with Crippen LogP contribution in [0, 0.1) is 25.7 Å². The number of carbonyl (C=O) groups excluding carboxylic acids is 1. The van der Waals surface area contributed by atoms with Gasteiger partial charge in [-0.1, -0.05) is 6.92 Å². The van der Waals surface area contributed by atoms with Crippen molar-refractivity contribution in [1.29, 1.82) is 0 Å². The molecule has 0 saturated carbocycles. The summed E-state index contributed by atoms with van der Waals surface area (Å²) in [6, 6.07) is 0. The minimum Gasteiger partial charge on any atom is -0.481 e. The summed E-state index contributed by atoms with van der Waals surface area (Å²) in [5.74, 6) is -2.69. The zero-order valence-corrected chi connectivity index (χ0v) is 14.6. The van der Waals surface area contributed by atoms with E-state index < -0.39 is 30.5 Å². The van der Waals surface area contributed by atoms with Crippen molar-refractivity contribution in [3.8, 4) is 0 Å². The summed E-state index contributed by atoms with van der Waals surface area (Å²) in [4.78, 5) is 25.4. The highest BCUT2D eigenvalue weighted by Gasteiger charge is 2.39. The van der Waals surface area contributed by atoms with Gasteiger partial charge in [0, 0.05) is 24.3 Å². The van der Waals surface area contributed by atoms with Crippen LogP contribution in [-0.2, 0) is 16.1 Å². The predicted molar refractivity (Wildman–Crippen MR) is 83.0 cm³/mol. The number of halogens is 3. The molecule has 0 bridgehead atoms. The third kappa shape index (κ3) is 3.96. The van der Waals surface area contributed by atoms with Gasteiger partial charge in [0.05, 0.1) is 17.5 Å². The molecule has 1 unspecified atom stereocenters. The van der Waals surface area contributed by atoms with Crippen molar-refractivity contribution in [2.75, 3.05) is 13.1 Å². The van der Waals surface area contributed by atoms with Crippen molar-refractivity contribution in [2.45, 2.75) is 46.3 Å². The molecule has 0 aliphatic carbocycles. The zero-order valence-electron chi connectivity index (χ0n) is 14.6. The second-order valence-corrected chi connectivity index (χ2v) is 6.74. The fourth-order valence-corrected chi connectivity index (χ4v) is 3.53. The molecule has 2 heterocycles. The van der Waals surface area contributed by atoms with E-state index in [4.69, 9.17) is 0 Å². The van der Waals surface area contributed by atoms with Crippen LogP contribution in [0.15, 0.2) is 0 Å². The molecule has 2 rings (SSSR count). The van der Waals surface area contributed by atoms with Gasteiger partial charge in [-0.15, -0.1) is 0 Å². The van der Waals surface area contributed by atoms with Gasteiger partial charge >= 0.3 is 12.1 Å². The summed E-state index contributed by atoms with van der Waals surface area (Å²) < 4.78 is 38.8. The van der Waals surface area contributed by atoms with E-state index in [-0.39, 0.29) is 18.4 Å². The molecular formula is C16H22F3N3O3. The quantitative estimate of drug-likeness (QED) is 0.893. The Morgan fingerprint density at radius 1 is 1.32 bits per heavy atom. The Labute approximate surface area is 143 Å². The number of carboxylic acid groups (broad SMARTS) is 1. The Kier molecular flexibility index (Phi) is 5.15. The van der Waals surface area contributed by atoms with E-state index in [0.29, 0.717) is 23.5 Å². The van der Waals surface area contributed by atoms with Gasteiger partial charge in [-0.3, -0.25) is 14.3 Å². The van der Waals surface area contributed by atoms with Crippen molar-refractivity contribution in [2.24, 2.45) is 11.8 Å². The molecule has 0 spiro atoms. The number of aliphatic carboxylic acids is 1. The van der Waals surface area contributed by atoms with Gasteiger partial charge in [0.2, 0.25) is 5.91 Å². The van der Waals surface area contributed by atoms with Crippen molar-refractivity contribution in [1.82, 2.24) is 14.7 Å². The molecule has 1 fully saturated rings. The van der Waals surface area contributed by atoms with E-state index >= 15 is 0 Å². The molecule has 1 saturated heterocycles. The molecule has 1 aliphatic heterocycles. The normalized spacial score (nSPS) is 22.3. The molecule has 6 nitrogen and oxygen atoms in total. The van der Waals surface area contributed by atoms with Crippen molar-refractivity contribution in [3.05, 3.63) is 17.0 Å². The molecule has 0 radical (unpaired) electrons. The topological polar surface area (TPSA) is 75.4 Å². The lowest BCUT2D eigenvalue weighted by Gasteiger charge is -2.21. The van der Waals surface area contributed by atoms with Crippen LogP contribution in [-0.4, -0.2) is 50.9 Å². The van der Waals surface area contributed by atoms with E-state index in [0.717, 1.165) is 4.68 Å². The van der Waals surface area contributed by atoms with Gasteiger partial charge in [0.25, 0.3) is 0 Å². The van der Waals surface area contributed by atoms with Crippen LogP contribution in [0.2, 0.25) is 0 Å². The standard InChI is InChI=1S/C16H22F3N3O3/c1-8-5-21(6-12(8)15(24)25)14(23)9(2)13-10(3)20-22(11(13)4)7-16(17,18)19/h8-9,12H,5-7H2,1-4H3,(H,24,25)/t8-,9?,12-/m1/s1. The van der Waals surface area contributed by atoms with Crippen LogP contribution < -0.4 is 0 Å². The average Bonchev–Trinajstić information content (AvgIpc) is 2.97. The Balaban J connectivity index is 2.22. The van der Waals surface area contributed by atoms with Crippen LogP contribution in [0.4, 0.5) is 13.2 Å². The number of rotatable bonds is 4. The molecular weight excluding hydrogens is 339 g/mol. The first-order chi connectivity index (χ1) is 11.4. The van der Waals surface area contributed by atoms with Crippen molar-refractivity contribution in [3.63, 3.8) is 0 Å². The third-order valence-electron chi connectivity index (χ3n) is 4.81. The largest absolute Gasteiger partial charge is 0.481 e. The minimum atomic E-state index is -4.40. The second-order valence-electron chi connectivity index (χ2n) is 6.74. The Morgan fingerprint density at radius 2 is 1.92 bits per heavy atom. The van der Waals surface area contributed by atoms with Gasteiger partial charge in [-0.2, -0.15) is 18.3 Å². The van der Waals surface area contributed by atoms with Crippen LogP contribution in [0.3, 0.4) is 0 Å². The molecule has 1 aromatic rings. The number of likely N-dealkylation sites (tertiary alicyclic amines) is 1. The third-order valence-corrected chi connectivity index (χ3v) is 4.81. The number of hydrogen-bond acceptors (Lipinski definition) is 3. The van der Waals surface area contributed by atoms with Gasteiger partial charge < -0.3 is 10.0 Å². The lowest BCUT2D eigenvalue weighted by molar-refractivity contribution is -0.143. The van der Waals surface area contributed by atoms with Crippen LogP contribution in [0.25, 0.3) is 0 Å². The van der Waals surface area contributed by atoms with Crippen LogP contribution in [0.1, 0.15) is 36.7 Å². The number of aromatic nitrogens is 2. The number of hydrogen-bond donors (Lipinski definition) is 1. The maximum absolute atomic E-state index is 12.7. The monoisotopic (exact) mass is 361 g/mol. The molecule has 3 atom stereocenters. The number of aryl methyl sites for hydroxylation is 1. The number of amides is 1. The first kappa shape index (κ1) is 19.3. The summed E-state index contributed by atoms with van der Waals surface area (Å²) in [5.41, 5.74) is 1.16. The molecule has 1 amide bonds. The maximum atomic E-state index is 12.7. The molecule has 1 aliphatic rings. The highest BCUT2D eigenvalue weighted by atomic mass is 19.4. The number of carboxylic acids is 1. The minimum absolute atomic E-state index is 0.120. The predicted octanol–water partition coefficient (Wildman–Crippen LogP) is 2.34. The smallest absolute Gasteiger partial charge is 0.408 e. The fourth-order valence-electron chi connectivity index (χ4n) is 3.53. The number of nitrogens with zero attached hydrogens (tertiary/aromatic N) is 3. The molecule has 25 heavy (non-hydrogen) atoms. The zero-order chi connectivity index (χ0) is 19.1. The first-order valence-electron chi connectivity index (χ1n) is 8.04. The summed E-state index contributed by atoms with van der Waals surface area (Å²) >= 11 is 0. The van der Waals surface area contributed by atoms with Crippen molar-refractivity contribution >= 4 is 11.9 Å². The highest BCUT2D eigenvalue weighted by Crippen LogP contribution is 2.30. The Morgan fingerprint density at radius 3 is 2.40 bits per heavy atom. The van der Waals surface area contributed by atoms with E-state index in [1.54, 1.807) is 20.8 Å². The summed E-state index contributed by atoms with van der Waals surface area (Å²) in [6.45, 7) is 5.72. The fraction of sp³-hybridized carbons (Fsp3) is 0.688. The second kappa shape index (κ2) is 6.68. The summed E-state index contributed by atoms with van der Waals surface area (Å²) in [7, 11) is 0. The lowest BCUT2D eigenvalue weighted by Crippen LogP contribution is -2.33. The Bertz CT molecular complexity index is 684. The Hall–Kier alpha value is -2.06. The number of alkyl halides is 3. The van der Waals surface area contributed by atoms with E-state index in [1.807, 2.05) is 0 Å². The van der Waals surface area contributed by atoms with Gasteiger partial charge in [-0.25, -0.2) is 0 Å². The summed E-state index contributed by atoms with van der Waals surface area (Å²) in [6.07, 6.45) is -4.40. The molecule has 9 heteroatoms. The van der Waals surface area contributed by atoms with Crippen LogP contribution >= 0.6 is 0 Å². The van der Waals surface area contributed by atoms with Crippen LogP contribution in [0.5, 0.6) is 0 Å². The molecule has 1 aromatic heterocycles. The average molecular weight is 361 g/mol. The lowest BCUT2D eigenvalue weighted by atomic mass is 9.97. The van der Waals surface area contributed by atoms with Gasteiger partial charge in [0.15, 0.2) is 0 Å². The molecule has 0 aromatic carbocycles. The van der Waals surface area contributed by atoms with Gasteiger partial charge in [-0.05, 0) is 26.7 Å². The molecule has 140 valence electrons. The van der Waals surface area contributed by atoms with E-state index in [9.17, 15) is 27.9 Å². The summed E-state index contributed by atoms with van der Waals surface area (Å²) in [5, 5.41) is 13.1. The number of carbonyl (C=O) groups is 2. The van der Waals surface area contributed by atoms with E-state index in [1.165, 1.54) is 11.8 Å². The first-order valence-corrected chi connectivity index (χ1v) is 8.04. The molecule has 1 N–H and O–H groups in total. The maximum Gasteiger partial charge on any atom is 0.408 e.